The second kappa shape index (κ2) is 7.21. The number of nitrogens with zero attached hydrogens (tertiary/aromatic N) is 3. The van der Waals surface area contributed by atoms with E-state index in [1.165, 1.54) is 0 Å². The van der Waals surface area contributed by atoms with Gasteiger partial charge in [0, 0.05) is 16.3 Å². The van der Waals surface area contributed by atoms with Crippen LogP contribution in [0, 0.1) is 13.8 Å². The van der Waals surface area contributed by atoms with Gasteiger partial charge in [-0.15, -0.1) is 0 Å². The Labute approximate surface area is 153 Å². The van der Waals surface area contributed by atoms with Crippen LogP contribution in [0.1, 0.15) is 27.5 Å². The molecule has 0 aliphatic rings. The monoisotopic (exact) mass is 377 g/mol. The minimum atomic E-state index is -0.596. The maximum absolute atomic E-state index is 12.2. The predicted octanol–water partition coefficient (Wildman–Crippen LogP) is 4.41. The lowest BCUT2D eigenvalue weighted by Crippen LogP contribution is -2.09. The number of aromatic nitrogens is 3. The first kappa shape index (κ1) is 17.4. The summed E-state index contributed by atoms with van der Waals surface area (Å²) in [6.07, 6.45) is 0. The van der Waals surface area contributed by atoms with Gasteiger partial charge in [-0.05, 0) is 49.7 Å². The fraction of sp³-hybridized carbons (Fsp3) is 0.176. The first-order chi connectivity index (χ1) is 11.9. The SMILES string of the molecule is Cc1cc(C)c(C(=O)OCc2nc(-c3ccc(Cl)cc3)no2)c(Cl)n1. The molecule has 0 saturated carbocycles. The molecule has 0 aliphatic carbocycles. The van der Waals surface area contributed by atoms with E-state index >= 15 is 0 Å². The Morgan fingerprint density at radius 2 is 1.88 bits per heavy atom. The number of aryl methyl sites for hydroxylation is 2. The van der Waals surface area contributed by atoms with E-state index < -0.39 is 5.97 Å². The molecule has 0 radical (unpaired) electrons. The van der Waals surface area contributed by atoms with Crippen LogP contribution in [0.15, 0.2) is 34.9 Å². The maximum Gasteiger partial charge on any atom is 0.342 e. The third-order valence-electron chi connectivity index (χ3n) is 3.40. The van der Waals surface area contributed by atoms with Gasteiger partial charge in [0.2, 0.25) is 5.82 Å². The van der Waals surface area contributed by atoms with Gasteiger partial charge in [0.05, 0.1) is 5.56 Å². The molecule has 0 unspecified atom stereocenters. The Morgan fingerprint density at radius 1 is 1.16 bits per heavy atom. The van der Waals surface area contributed by atoms with Gasteiger partial charge in [0.25, 0.3) is 5.89 Å². The molecule has 0 bridgehead atoms. The smallest absolute Gasteiger partial charge is 0.342 e. The van der Waals surface area contributed by atoms with Crippen molar-refractivity contribution in [3.63, 3.8) is 0 Å². The molecule has 0 amide bonds. The molecule has 0 N–H and O–H groups in total. The normalized spacial score (nSPS) is 10.7. The molecule has 2 aromatic heterocycles. The number of rotatable bonds is 4. The predicted molar refractivity (Wildman–Crippen MR) is 92.6 cm³/mol. The van der Waals surface area contributed by atoms with E-state index in [0.29, 0.717) is 16.4 Å². The van der Waals surface area contributed by atoms with E-state index in [4.69, 9.17) is 32.5 Å². The van der Waals surface area contributed by atoms with Crippen molar-refractivity contribution >= 4 is 29.2 Å². The average molecular weight is 378 g/mol. The first-order valence-electron chi connectivity index (χ1n) is 7.33. The number of hydrogen-bond acceptors (Lipinski definition) is 6. The maximum atomic E-state index is 12.2. The highest BCUT2D eigenvalue weighted by Crippen LogP contribution is 2.21. The topological polar surface area (TPSA) is 78.1 Å². The van der Waals surface area contributed by atoms with Crippen molar-refractivity contribution in [2.24, 2.45) is 0 Å². The van der Waals surface area contributed by atoms with Crippen LogP contribution in [-0.2, 0) is 11.3 Å². The third kappa shape index (κ3) is 3.97. The van der Waals surface area contributed by atoms with Crippen molar-refractivity contribution < 1.29 is 14.1 Å². The van der Waals surface area contributed by atoms with Gasteiger partial charge >= 0.3 is 5.97 Å². The molecule has 0 atom stereocenters. The molecule has 0 aliphatic heterocycles. The Morgan fingerprint density at radius 3 is 2.56 bits per heavy atom. The van der Waals surface area contributed by atoms with Crippen LogP contribution in [0.25, 0.3) is 11.4 Å². The van der Waals surface area contributed by atoms with Crippen LogP contribution < -0.4 is 0 Å². The van der Waals surface area contributed by atoms with E-state index in [9.17, 15) is 4.79 Å². The summed E-state index contributed by atoms with van der Waals surface area (Å²) in [4.78, 5) is 20.5. The summed E-state index contributed by atoms with van der Waals surface area (Å²) in [7, 11) is 0. The van der Waals surface area contributed by atoms with Crippen LogP contribution in [0.5, 0.6) is 0 Å². The summed E-state index contributed by atoms with van der Waals surface area (Å²) in [6.45, 7) is 3.40. The Hall–Kier alpha value is -2.44. The molecule has 1 aromatic carbocycles. The Bertz CT molecular complexity index is 900. The quantitative estimate of drug-likeness (QED) is 0.494. The lowest BCUT2D eigenvalue weighted by atomic mass is 10.1. The summed E-state index contributed by atoms with van der Waals surface area (Å²) in [5, 5.41) is 4.57. The van der Waals surface area contributed by atoms with Gasteiger partial charge < -0.3 is 9.26 Å². The molecule has 0 spiro atoms. The van der Waals surface area contributed by atoms with Gasteiger partial charge in [-0.3, -0.25) is 0 Å². The van der Waals surface area contributed by atoms with E-state index in [2.05, 4.69) is 15.1 Å². The van der Waals surface area contributed by atoms with E-state index in [0.717, 1.165) is 11.3 Å². The molecule has 0 fully saturated rings. The average Bonchev–Trinajstić information content (AvgIpc) is 3.01. The molecule has 3 aromatic rings. The Balaban J connectivity index is 1.70. The van der Waals surface area contributed by atoms with Crippen molar-refractivity contribution in [3.05, 3.63) is 63.2 Å². The fourth-order valence-electron chi connectivity index (χ4n) is 2.27. The number of hydrogen-bond donors (Lipinski definition) is 0. The second-order valence-electron chi connectivity index (χ2n) is 5.34. The minimum absolute atomic E-state index is 0.106. The van der Waals surface area contributed by atoms with Crippen LogP contribution in [0.2, 0.25) is 10.2 Å². The van der Waals surface area contributed by atoms with Gasteiger partial charge in [0.1, 0.15) is 5.15 Å². The highest BCUT2D eigenvalue weighted by atomic mass is 35.5. The minimum Gasteiger partial charge on any atom is -0.452 e. The van der Waals surface area contributed by atoms with Crippen LogP contribution >= 0.6 is 23.2 Å². The van der Waals surface area contributed by atoms with Gasteiger partial charge in [0.15, 0.2) is 6.61 Å². The number of pyridine rings is 1. The van der Waals surface area contributed by atoms with E-state index in [-0.39, 0.29) is 23.2 Å². The van der Waals surface area contributed by atoms with E-state index in [1.54, 1.807) is 44.2 Å². The number of benzene rings is 1. The third-order valence-corrected chi connectivity index (χ3v) is 3.93. The van der Waals surface area contributed by atoms with Crippen LogP contribution in [-0.4, -0.2) is 21.1 Å². The molecule has 2 heterocycles. The van der Waals surface area contributed by atoms with E-state index in [1.807, 2.05) is 0 Å². The molecular formula is C17H13Cl2N3O3. The lowest BCUT2D eigenvalue weighted by molar-refractivity contribution is 0.0428. The van der Waals surface area contributed by atoms with Crippen molar-refractivity contribution in [1.82, 2.24) is 15.1 Å². The molecule has 128 valence electrons. The summed E-state index contributed by atoms with van der Waals surface area (Å²) >= 11 is 11.9. The Kier molecular flexibility index (Phi) is 5.01. The zero-order chi connectivity index (χ0) is 18.0. The summed E-state index contributed by atoms with van der Waals surface area (Å²) in [5.41, 5.74) is 2.38. The van der Waals surface area contributed by atoms with Crippen molar-refractivity contribution in [1.29, 1.82) is 0 Å². The molecule has 3 rings (SSSR count). The largest absolute Gasteiger partial charge is 0.452 e. The summed E-state index contributed by atoms with van der Waals surface area (Å²) < 4.78 is 10.3. The first-order valence-corrected chi connectivity index (χ1v) is 8.09. The summed E-state index contributed by atoms with van der Waals surface area (Å²) in [6, 6.07) is 8.74. The lowest BCUT2D eigenvalue weighted by Gasteiger charge is -2.07. The molecule has 6 nitrogen and oxygen atoms in total. The number of halogens is 2. The molecule has 25 heavy (non-hydrogen) atoms. The van der Waals surface area contributed by atoms with Gasteiger partial charge in [-0.1, -0.05) is 28.4 Å². The summed E-state index contributed by atoms with van der Waals surface area (Å²) in [5.74, 6) is -0.0395. The number of esters is 1. The highest BCUT2D eigenvalue weighted by Gasteiger charge is 2.18. The van der Waals surface area contributed by atoms with Crippen molar-refractivity contribution in [2.75, 3.05) is 0 Å². The standard InChI is InChI=1S/C17H13Cl2N3O3/c1-9-7-10(2)20-15(19)14(9)17(23)24-8-13-21-16(22-25-13)11-3-5-12(18)6-4-11/h3-7H,8H2,1-2H3. The van der Waals surface area contributed by atoms with Crippen molar-refractivity contribution in [2.45, 2.75) is 20.5 Å². The molecule has 0 saturated heterocycles. The van der Waals surface area contributed by atoms with Gasteiger partial charge in [-0.2, -0.15) is 4.98 Å². The van der Waals surface area contributed by atoms with Crippen LogP contribution in [0.4, 0.5) is 0 Å². The highest BCUT2D eigenvalue weighted by molar-refractivity contribution is 6.32. The molecular weight excluding hydrogens is 365 g/mol. The molecule has 8 heteroatoms. The number of carbonyl (C=O) groups excluding carboxylic acids is 1. The number of ether oxygens (including phenoxy) is 1. The zero-order valence-corrected chi connectivity index (χ0v) is 14.9. The number of carbonyl (C=O) groups is 1. The zero-order valence-electron chi connectivity index (χ0n) is 13.4. The van der Waals surface area contributed by atoms with Gasteiger partial charge in [-0.25, -0.2) is 9.78 Å². The fourth-order valence-corrected chi connectivity index (χ4v) is 2.75. The van der Waals surface area contributed by atoms with Crippen molar-refractivity contribution in [3.8, 4) is 11.4 Å². The second-order valence-corrected chi connectivity index (χ2v) is 6.14. The van der Waals surface area contributed by atoms with Crippen LogP contribution in [0.3, 0.4) is 0 Å².